The number of nitrogens with one attached hydrogen (secondary N) is 1. The average Bonchev–Trinajstić information content (AvgIpc) is 3.09. The summed E-state index contributed by atoms with van der Waals surface area (Å²) in [6.45, 7) is 0.863. The van der Waals surface area contributed by atoms with E-state index in [4.69, 9.17) is 10.5 Å². The SMILES string of the molecule is NCc1ccc(F)cc1C=CCNC(=O)OCC1c2ccccc2-c2ccccc21. The highest BCUT2D eigenvalue weighted by Crippen LogP contribution is 2.44. The Balaban J connectivity index is 1.34. The zero-order chi connectivity index (χ0) is 20.9. The Kier molecular flexibility index (Phi) is 5.91. The summed E-state index contributed by atoms with van der Waals surface area (Å²) >= 11 is 0. The molecule has 1 aliphatic rings. The van der Waals surface area contributed by atoms with Crippen LogP contribution in [0.5, 0.6) is 0 Å². The number of hydrogen-bond donors (Lipinski definition) is 2. The fourth-order valence-corrected chi connectivity index (χ4v) is 3.88. The van der Waals surface area contributed by atoms with Crippen LogP contribution < -0.4 is 11.1 Å². The third kappa shape index (κ3) is 4.11. The average molecular weight is 402 g/mol. The molecule has 4 nitrogen and oxygen atoms in total. The zero-order valence-corrected chi connectivity index (χ0v) is 16.5. The van der Waals surface area contributed by atoms with Crippen LogP contribution >= 0.6 is 0 Å². The summed E-state index contributed by atoms with van der Waals surface area (Å²) in [6.07, 6.45) is 3.00. The van der Waals surface area contributed by atoms with Crippen molar-refractivity contribution in [1.29, 1.82) is 0 Å². The van der Waals surface area contributed by atoms with Crippen LogP contribution in [0, 0.1) is 5.82 Å². The van der Waals surface area contributed by atoms with E-state index in [1.807, 2.05) is 24.3 Å². The minimum Gasteiger partial charge on any atom is -0.449 e. The number of carbonyl (C=O) groups excluding carboxylic acids is 1. The minimum atomic E-state index is -0.486. The van der Waals surface area contributed by atoms with E-state index in [9.17, 15) is 9.18 Å². The Morgan fingerprint density at radius 2 is 1.70 bits per heavy atom. The summed E-state index contributed by atoms with van der Waals surface area (Å²) in [5.74, 6) is -0.297. The molecule has 1 amide bonds. The fraction of sp³-hybridized carbons (Fsp3) is 0.160. The molecule has 0 unspecified atom stereocenters. The Bertz CT molecular complexity index is 1050. The number of fused-ring (bicyclic) bond motifs is 3. The first kappa shape index (κ1) is 19.9. The molecule has 5 heteroatoms. The number of halogens is 1. The van der Waals surface area contributed by atoms with Crippen LogP contribution in [0.4, 0.5) is 9.18 Å². The molecular weight excluding hydrogens is 379 g/mol. The monoisotopic (exact) mass is 402 g/mol. The highest BCUT2D eigenvalue weighted by Gasteiger charge is 2.28. The van der Waals surface area contributed by atoms with Gasteiger partial charge in [-0.15, -0.1) is 0 Å². The molecule has 1 aliphatic carbocycles. The fourth-order valence-electron chi connectivity index (χ4n) is 3.88. The van der Waals surface area contributed by atoms with Gasteiger partial charge in [0.1, 0.15) is 12.4 Å². The van der Waals surface area contributed by atoms with Gasteiger partial charge in [-0.05, 0) is 45.5 Å². The summed E-state index contributed by atoms with van der Waals surface area (Å²) in [5.41, 5.74) is 11.9. The second-order valence-electron chi connectivity index (χ2n) is 7.16. The number of carbonyl (C=O) groups is 1. The van der Waals surface area contributed by atoms with Crippen LogP contribution in [0.2, 0.25) is 0 Å². The highest BCUT2D eigenvalue weighted by molar-refractivity contribution is 5.79. The van der Waals surface area contributed by atoms with Gasteiger partial charge in [0, 0.05) is 19.0 Å². The lowest BCUT2D eigenvalue weighted by Gasteiger charge is -2.14. The first-order valence-electron chi connectivity index (χ1n) is 9.91. The van der Waals surface area contributed by atoms with E-state index in [1.54, 1.807) is 18.2 Å². The quantitative estimate of drug-likeness (QED) is 0.620. The van der Waals surface area contributed by atoms with Gasteiger partial charge in [0.25, 0.3) is 0 Å². The molecule has 0 saturated heterocycles. The highest BCUT2D eigenvalue weighted by atomic mass is 19.1. The standard InChI is InChI=1S/C25H23FN2O2/c26-19-12-11-18(15-27)17(14-19)6-5-13-28-25(29)30-16-24-22-9-3-1-7-20(22)21-8-2-4-10-23(21)24/h1-12,14,24H,13,15-16,27H2,(H,28,29). The van der Waals surface area contributed by atoms with E-state index < -0.39 is 6.09 Å². The van der Waals surface area contributed by atoms with Crippen molar-refractivity contribution in [3.8, 4) is 11.1 Å². The molecule has 4 rings (SSSR count). The number of benzene rings is 3. The molecule has 0 saturated carbocycles. The topological polar surface area (TPSA) is 64.3 Å². The maximum absolute atomic E-state index is 13.4. The van der Waals surface area contributed by atoms with Crippen LogP contribution in [0.25, 0.3) is 17.2 Å². The Morgan fingerprint density at radius 3 is 2.37 bits per heavy atom. The third-order valence-corrected chi connectivity index (χ3v) is 5.33. The lowest BCUT2D eigenvalue weighted by atomic mass is 9.98. The van der Waals surface area contributed by atoms with E-state index in [0.29, 0.717) is 12.1 Å². The summed E-state index contributed by atoms with van der Waals surface area (Å²) in [5, 5.41) is 2.70. The first-order valence-corrected chi connectivity index (χ1v) is 9.91. The van der Waals surface area contributed by atoms with Crippen molar-refractivity contribution in [3.05, 3.63) is 101 Å². The summed E-state index contributed by atoms with van der Waals surface area (Å²) in [4.78, 5) is 12.2. The number of alkyl carbamates (subject to hydrolysis) is 1. The maximum atomic E-state index is 13.4. The van der Waals surface area contributed by atoms with Gasteiger partial charge in [0.2, 0.25) is 0 Å². The number of amides is 1. The molecule has 0 fully saturated rings. The molecular formula is C25H23FN2O2. The molecule has 152 valence electrons. The van der Waals surface area contributed by atoms with E-state index in [0.717, 1.165) is 5.56 Å². The minimum absolute atomic E-state index is 0.0260. The molecule has 3 aromatic carbocycles. The third-order valence-electron chi connectivity index (χ3n) is 5.33. The van der Waals surface area contributed by atoms with E-state index in [-0.39, 0.29) is 24.9 Å². The zero-order valence-electron chi connectivity index (χ0n) is 16.5. The maximum Gasteiger partial charge on any atom is 0.407 e. The molecule has 0 bridgehead atoms. The van der Waals surface area contributed by atoms with Gasteiger partial charge in [-0.2, -0.15) is 0 Å². The van der Waals surface area contributed by atoms with Crippen molar-refractivity contribution >= 4 is 12.2 Å². The lowest BCUT2D eigenvalue weighted by Crippen LogP contribution is -2.26. The van der Waals surface area contributed by atoms with Crippen LogP contribution in [0.15, 0.2) is 72.8 Å². The van der Waals surface area contributed by atoms with Gasteiger partial charge in [-0.3, -0.25) is 0 Å². The number of nitrogens with two attached hydrogens (primary N) is 1. The molecule has 0 atom stereocenters. The molecule has 0 heterocycles. The van der Waals surface area contributed by atoms with Crippen molar-refractivity contribution < 1.29 is 13.9 Å². The van der Waals surface area contributed by atoms with Crippen molar-refractivity contribution in [1.82, 2.24) is 5.32 Å². The number of ether oxygens (including phenoxy) is 1. The van der Waals surface area contributed by atoms with Crippen molar-refractivity contribution in [3.63, 3.8) is 0 Å². The largest absolute Gasteiger partial charge is 0.449 e. The Labute approximate surface area is 175 Å². The lowest BCUT2D eigenvalue weighted by molar-refractivity contribution is 0.144. The van der Waals surface area contributed by atoms with E-state index in [2.05, 4.69) is 29.6 Å². The van der Waals surface area contributed by atoms with Crippen molar-refractivity contribution in [2.75, 3.05) is 13.2 Å². The van der Waals surface area contributed by atoms with Gasteiger partial charge in [-0.1, -0.05) is 66.7 Å². The Morgan fingerprint density at radius 1 is 1.03 bits per heavy atom. The number of rotatable bonds is 6. The first-order chi connectivity index (χ1) is 14.7. The second kappa shape index (κ2) is 8.93. The summed E-state index contributed by atoms with van der Waals surface area (Å²) < 4.78 is 18.9. The van der Waals surface area contributed by atoms with E-state index >= 15 is 0 Å². The summed E-state index contributed by atoms with van der Waals surface area (Å²) in [7, 11) is 0. The predicted octanol–water partition coefficient (Wildman–Crippen LogP) is 4.84. The Hall–Kier alpha value is -3.44. The van der Waals surface area contributed by atoms with Crippen molar-refractivity contribution in [2.24, 2.45) is 5.73 Å². The molecule has 3 aromatic rings. The number of hydrogen-bond acceptors (Lipinski definition) is 3. The molecule has 3 N–H and O–H groups in total. The molecule has 0 aliphatic heterocycles. The van der Waals surface area contributed by atoms with E-state index in [1.165, 1.54) is 34.4 Å². The van der Waals surface area contributed by atoms with Gasteiger partial charge in [0.15, 0.2) is 0 Å². The summed E-state index contributed by atoms with van der Waals surface area (Å²) in [6, 6.07) is 20.9. The van der Waals surface area contributed by atoms with Crippen LogP contribution in [0.3, 0.4) is 0 Å². The molecule has 0 spiro atoms. The molecule has 30 heavy (non-hydrogen) atoms. The molecule has 0 radical (unpaired) electrons. The van der Waals surface area contributed by atoms with Crippen molar-refractivity contribution in [2.45, 2.75) is 12.5 Å². The second-order valence-corrected chi connectivity index (χ2v) is 7.16. The normalized spacial score (nSPS) is 12.6. The predicted molar refractivity (Wildman–Crippen MR) is 116 cm³/mol. The van der Waals surface area contributed by atoms with Crippen LogP contribution in [-0.2, 0) is 11.3 Å². The van der Waals surface area contributed by atoms with Gasteiger partial charge < -0.3 is 15.8 Å². The van der Waals surface area contributed by atoms with Crippen LogP contribution in [-0.4, -0.2) is 19.2 Å². The van der Waals surface area contributed by atoms with Gasteiger partial charge >= 0.3 is 6.09 Å². The van der Waals surface area contributed by atoms with Gasteiger partial charge in [0.05, 0.1) is 0 Å². The van der Waals surface area contributed by atoms with Crippen LogP contribution in [0.1, 0.15) is 28.2 Å². The van der Waals surface area contributed by atoms with Gasteiger partial charge in [-0.25, -0.2) is 9.18 Å². The molecule has 0 aromatic heterocycles. The smallest absolute Gasteiger partial charge is 0.407 e.